The molecule has 15 heavy (non-hydrogen) atoms. The molecule has 0 radical (unpaired) electrons. The van der Waals surface area contributed by atoms with Crippen molar-refractivity contribution >= 4 is 11.8 Å². The van der Waals surface area contributed by atoms with Gasteiger partial charge in [0.1, 0.15) is 0 Å². The molecule has 1 aromatic rings. The van der Waals surface area contributed by atoms with Gasteiger partial charge >= 0.3 is 0 Å². The minimum atomic E-state index is -0.224. The van der Waals surface area contributed by atoms with Crippen molar-refractivity contribution in [1.82, 2.24) is 20.2 Å². The van der Waals surface area contributed by atoms with Crippen LogP contribution in [0, 0.1) is 16.7 Å². The quantitative estimate of drug-likeness (QED) is 0.563. The molecule has 5 nitrogen and oxygen atoms in total. The van der Waals surface area contributed by atoms with Gasteiger partial charge in [-0.25, -0.2) is 4.68 Å². The van der Waals surface area contributed by atoms with Crippen molar-refractivity contribution in [2.75, 3.05) is 5.75 Å². The third-order valence-electron chi connectivity index (χ3n) is 2.06. The molecule has 0 saturated heterocycles. The zero-order valence-corrected chi connectivity index (χ0v) is 10.1. The van der Waals surface area contributed by atoms with Crippen LogP contribution in [0.15, 0.2) is 5.16 Å². The first-order chi connectivity index (χ1) is 7.05. The van der Waals surface area contributed by atoms with E-state index in [1.807, 2.05) is 20.9 Å². The molecule has 0 aromatic carbocycles. The van der Waals surface area contributed by atoms with E-state index in [0.29, 0.717) is 0 Å². The van der Waals surface area contributed by atoms with Crippen LogP contribution in [0.4, 0.5) is 0 Å². The fourth-order valence-electron chi connectivity index (χ4n) is 1.08. The molecule has 0 aliphatic rings. The monoisotopic (exact) mass is 225 g/mol. The average Bonchev–Trinajstić information content (AvgIpc) is 2.59. The van der Waals surface area contributed by atoms with Gasteiger partial charge in [-0.05, 0) is 37.1 Å². The maximum atomic E-state index is 8.83. The molecule has 1 rings (SSSR count). The van der Waals surface area contributed by atoms with Crippen molar-refractivity contribution in [2.45, 2.75) is 31.8 Å². The number of aromatic nitrogens is 4. The number of hydrogen-bond donors (Lipinski definition) is 0. The highest BCUT2D eigenvalue weighted by Gasteiger charge is 2.15. The number of rotatable bonds is 5. The summed E-state index contributed by atoms with van der Waals surface area (Å²) >= 11 is 1.62. The SMILES string of the molecule is Cn1nnnc1SCCCC(C)(C)C#N. The Morgan fingerprint density at radius 3 is 2.80 bits per heavy atom. The Morgan fingerprint density at radius 2 is 2.27 bits per heavy atom. The molecule has 6 heteroatoms. The fraction of sp³-hybridized carbons (Fsp3) is 0.778. The summed E-state index contributed by atoms with van der Waals surface area (Å²) in [7, 11) is 1.82. The standard InChI is InChI=1S/C9H15N5S/c1-9(2,7-10)5-4-6-15-8-11-12-13-14(8)3/h4-6H2,1-3H3. The molecule has 0 saturated carbocycles. The number of nitrogens with zero attached hydrogens (tertiary/aromatic N) is 5. The molecule has 82 valence electrons. The van der Waals surface area contributed by atoms with Gasteiger partial charge in [-0.2, -0.15) is 5.26 Å². The number of nitriles is 1. The smallest absolute Gasteiger partial charge is 0.209 e. The summed E-state index contributed by atoms with van der Waals surface area (Å²) in [6.45, 7) is 3.92. The normalized spacial score (nSPS) is 11.3. The number of hydrogen-bond acceptors (Lipinski definition) is 5. The molecular formula is C9H15N5S. The summed E-state index contributed by atoms with van der Waals surface area (Å²) in [5, 5.41) is 20.8. The van der Waals surface area contributed by atoms with Gasteiger partial charge in [-0.3, -0.25) is 0 Å². The van der Waals surface area contributed by atoms with Gasteiger partial charge in [-0.1, -0.05) is 11.8 Å². The van der Waals surface area contributed by atoms with Crippen LogP contribution in [0.1, 0.15) is 26.7 Å². The molecule has 0 unspecified atom stereocenters. The summed E-state index contributed by atoms with van der Waals surface area (Å²) in [6, 6.07) is 2.29. The second-order valence-corrected chi connectivity index (χ2v) is 5.09. The highest BCUT2D eigenvalue weighted by Crippen LogP contribution is 2.23. The van der Waals surface area contributed by atoms with Crippen LogP contribution >= 0.6 is 11.8 Å². The Bertz CT molecular complexity index is 352. The lowest BCUT2D eigenvalue weighted by atomic mass is 9.90. The molecule has 0 aliphatic heterocycles. The average molecular weight is 225 g/mol. The van der Waals surface area contributed by atoms with E-state index in [1.54, 1.807) is 16.4 Å². The number of tetrazole rings is 1. The molecule has 0 amide bonds. The molecule has 0 atom stereocenters. The Balaban J connectivity index is 2.24. The molecule has 1 aromatic heterocycles. The van der Waals surface area contributed by atoms with Crippen LogP contribution in [0.3, 0.4) is 0 Å². The van der Waals surface area contributed by atoms with E-state index in [0.717, 1.165) is 23.8 Å². The van der Waals surface area contributed by atoms with Gasteiger partial charge in [0.05, 0.1) is 11.5 Å². The van der Waals surface area contributed by atoms with Crippen molar-refractivity contribution in [3.63, 3.8) is 0 Å². The lowest BCUT2D eigenvalue weighted by Gasteiger charge is -2.13. The van der Waals surface area contributed by atoms with Gasteiger partial charge in [-0.15, -0.1) is 5.10 Å². The van der Waals surface area contributed by atoms with E-state index >= 15 is 0 Å². The zero-order valence-electron chi connectivity index (χ0n) is 9.27. The summed E-state index contributed by atoms with van der Waals surface area (Å²) in [5.74, 6) is 0.944. The highest BCUT2D eigenvalue weighted by molar-refractivity contribution is 7.99. The molecule has 0 spiro atoms. The van der Waals surface area contributed by atoms with Crippen molar-refractivity contribution in [1.29, 1.82) is 5.26 Å². The van der Waals surface area contributed by atoms with E-state index in [4.69, 9.17) is 5.26 Å². The second-order valence-electron chi connectivity index (χ2n) is 4.03. The molecule has 0 aliphatic carbocycles. The van der Waals surface area contributed by atoms with Gasteiger partial charge in [0, 0.05) is 12.8 Å². The Labute approximate surface area is 93.9 Å². The first-order valence-corrected chi connectivity index (χ1v) is 5.80. The van der Waals surface area contributed by atoms with Crippen LogP contribution in [0.25, 0.3) is 0 Å². The molecule has 0 N–H and O–H groups in total. The number of thioether (sulfide) groups is 1. The van der Waals surface area contributed by atoms with Crippen LogP contribution in [-0.2, 0) is 7.05 Å². The third kappa shape index (κ3) is 3.88. The van der Waals surface area contributed by atoms with Crippen molar-refractivity contribution in [3.05, 3.63) is 0 Å². The summed E-state index contributed by atoms with van der Waals surface area (Å²) in [4.78, 5) is 0. The van der Waals surface area contributed by atoms with E-state index < -0.39 is 0 Å². The molecule has 0 fully saturated rings. The van der Waals surface area contributed by atoms with E-state index in [-0.39, 0.29) is 5.41 Å². The Morgan fingerprint density at radius 1 is 1.53 bits per heavy atom. The van der Waals surface area contributed by atoms with Crippen LogP contribution in [-0.4, -0.2) is 26.0 Å². The largest absolute Gasteiger partial charge is 0.224 e. The number of aryl methyl sites for hydroxylation is 1. The molecule has 0 bridgehead atoms. The van der Waals surface area contributed by atoms with E-state index in [2.05, 4.69) is 21.6 Å². The summed E-state index contributed by atoms with van der Waals surface area (Å²) in [6.07, 6.45) is 1.90. The fourth-order valence-corrected chi connectivity index (χ4v) is 1.87. The minimum absolute atomic E-state index is 0.224. The Hall–Kier alpha value is -1.09. The maximum Gasteiger partial charge on any atom is 0.209 e. The lowest BCUT2D eigenvalue weighted by Crippen LogP contribution is -2.07. The Kier molecular flexibility index (Phi) is 4.09. The predicted octanol–water partition coefficient (Wildman–Crippen LogP) is 1.63. The van der Waals surface area contributed by atoms with Crippen LogP contribution in [0.2, 0.25) is 0 Å². The maximum absolute atomic E-state index is 8.83. The van der Waals surface area contributed by atoms with Crippen molar-refractivity contribution in [3.8, 4) is 6.07 Å². The van der Waals surface area contributed by atoms with E-state index in [1.165, 1.54) is 0 Å². The first-order valence-electron chi connectivity index (χ1n) is 4.81. The van der Waals surface area contributed by atoms with Crippen LogP contribution < -0.4 is 0 Å². The van der Waals surface area contributed by atoms with Gasteiger partial charge in [0.2, 0.25) is 5.16 Å². The second kappa shape index (κ2) is 5.12. The zero-order chi connectivity index (χ0) is 11.3. The van der Waals surface area contributed by atoms with Gasteiger partial charge in [0.25, 0.3) is 0 Å². The van der Waals surface area contributed by atoms with Crippen LogP contribution in [0.5, 0.6) is 0 Å². The first kappa shape index (κ1) is 12.0. The minimum Gasteiger partial charge on any atom is -0.224 e. The molecular weight excluding hydrogens is 210 g/mol. The van der Waals surface area contributed by atoms with Crippen molar-refractivity contribution in [2.24, 2.45) is 12.5 Å². The third-order valence-corrected chi connectivity index (χ3v) is 3.16. The lowest BCUT2D eigenvalue weighted by molar-refractivity contribution is 0.447. The van der Waals surface area contributed by atoms with Gasteiger partial charge in [0.15, 0.2) is 0 Å². The van der Waals surface area contributed by atoms with Crippen molar-refractivity contribution < 1.29 is 0 Å². The van der Waals surface area contributed by atoms with E-state index in [9.17, 15) is 0 Å². The molecule has 1 heterocycles. The van der Waals surface area contributed by atoms with Gasteiger partial charge < -0.3 is 0 Å². The highest BCUT2D eigenvalue weighted by atomic mass is 32.2. The summed E-state index contributed by atoms with van der Waals surface area (Å²) in [5.41, 5.74) is -0.224. The topological polar surface area (TPSA) is 67.4 Å². The predicted molar refractivity (Wildman–Crippen MR) is 58.2 cm³/mol. The summed E-state index contributed by atoms with van der Waals surface area (Å²) < 4.78 is 1.65.